The molecule has 2 aromatic rings. The Morgan fingerprint density at radius 1 is 1.15 bits per heavy atom. The van der Waals surface area contributed by atoms with E-state index in [1.54, 1.807) is 14.2 Å². The quantitative estimate of drug-likeness (QED) is 0.627. The number of likely N-dealkylation sites (tertiary alicyclic amines) is 1. The molecule has 1 heterocycles. The maximum atomic E-state index is 5.66. The van der Waals surface area contributed by atoms with Crippen molar-refractivity contribution in [2.75, 3.05) is 40.9 Å². The molecular weight excluding hydrogens is 338 g/mol. The summed E-state index contributed by atoms with van der Waals surface area (Å²) in [4.78, 5) is 6.81. The Bertz CT molecular complexity index is 731. The fourth-order valence-corrected chi connectivity index (χ4v) is 3.62. The lowest BCUT2D eigenvalue weighted by molar-refractivity contribution is 0.106. The molecule has 1 fully saturated rings. The zero-order valence-corrected chi connectivity index (χ0v) is 16.4. The largest absolute Gasteiger partial charge is 0.497 e. The molecule has 0 saturated carbocycles. The lowest BCUT2D eigenvalue weighted by Crippen LogP contribution is -2.41. The number of nitrogens with zero attached hydrogens (tertiary/aromatic N) is 2. The maximum Gasteiger partial charge on any atom is 0.193 e. The minimum Gasteiger partial charge on any atom is -0.497 e. The van der Waals surface area contributed by atoms with Crippen molar-refractivity contribution < 1.29 is 9.47 Å². The molecule has 0 aliphatic carbocycles. The lowest BCUT2D eigenvalue weighted by atomic mass is 9.98. The van der Waals surface area contributed by atoms with Gasteiger partial charge in [-0.3, -0.25) is 4.99 Å². The van der Waals surface area contributed by atoms with Crippen LogP contribution in [0.5, 0.6) is 5.75 Å². The van der Waals surface area contributed by atoms with E-state index in [1.807, 2.05) is 37.4 Å². The molecule has 1 aliphatic rings. The van der Waals surface area contributed by atoms with Crippen LogP contribution in [0.2, 0.25) is 0 Å². The molecule has 0 bridgehead atoms. The molecule has 2 atom stereocenters. The van der Waals surface area contributed by atoms with Gasteiger partial charge in [-0.1, -0.05) is 42.5 Å². The minimum atomic E-state index is 0.00272. The van der Waals surface area contributed by atoms with Crippen LogP contribution < -0.4 is 10.1 Å². The Hall–Kier alpha value is -2.53. The molecule has 0 radical (unpaired) electrons. The van der Waals surface area contributed by atoms with E-state index < -0.39 is 0 Å². The topological polar surface area (TPSA) is 46.1 Å². The normalized spacial score (nSPS) is 18.4. The van der Waals surface area contributed by atoms with Crippen molar-refractivity contribution in [3.8, 4) is 5.75 Å². The summed E-state index contributed by atoms with van der Waals surface area (Å²) in [6.45, 7) is 2.66. The molecule has 2 aromatic carbocycles. The second-order valence-corrected chi connectivity index (χ2v) is 6.77. The standard InChI is InChI=1S/C22H29N3O2/c1-23-22(24-15-21(27-3)18-7-5-4-6-8-18)25-14-13-19(16-25)17-9-11-20(26-2)12-10-17/h4-12,19,21H,13-16H2,1-3H3,(H,23,24). The number of benzene rings is 2. The van der Waals surface area contributed by atoms with E-state index in [-0.39, 0.29) is 6.10 Å². The highest BCUT2D eigenvalue weighted by Crippen LogP contribution is 2.28. The van der Waals surface area contributed by atoms with Crippen molar-refractivity contribution in [1.29, 1.82) is 0 Å². The van der Waals surface area contributed by atoms with Crippen molar-refractivity contribution in [2.24, 2.45) is 4.99 Å². The fourth-order valence-electron chi connectivity index (χ4n) is 3.62. The number of hydrogen-bond donors (Lipinski definition) is 1. The highest BCUT2D eigenvalue weighted by Gasteiger charge is 2.26. The van der Waals surface area contributed by atoms with E-state index in [1.165, 1.54) is 11.1 Å². The second kappa shape index (κ2) is 9.42. The summed E-state index contributed by atoms with van der Waals surface area (Å²) < 4.78 is 10.9. The van der Waals surface area contributed by atoms with Crippen LogP contribution in [0.15, 0.2) is 59.6 Å². The number of rotatable bonds is 6. The molecule has 5 heteroatoms. The molecular formula is C22H29N3O2. The third-order valence-electron chi connectivity index (χ3n) is 5.19. The number of methoxy groups -OCH3 is 2. The molecule has 0 aromatic heterocycles. The van der Waals surface area contributed by atoms with Crippen LogP contribution in [0.1, 0.15) is 29.6 Å². The zero-order chi connectivity index (χ0) is 19.1. The van der Waals surface area contributed by atoms with Crippen LogP contribution in [0, 0.1) is 0 Å². The van der Waals surface area contributed by atoms with Crippen LogP contribution in [0.25, 0.3) is 0 Å². The van der Waals surface area contributed by atoms with Crippen LogP contribution in [-0.4, -0.2) is 51.8 Å². The van der Waals surface area contributed by atoms with Crippen molar-refractivity contribution in [1.82, 2.24) is 10.2 Å². The summed E-state index contributed by atoms with van der Waals surface area (Å²) in [5, 5.41) is 3.48. The first kappa shape index (κ1) is 19.2. The minimum absolute atomic E-state index is 0.00272. The van der Waals surface area contributed by atoms with Crippen molar-refractivity contribution in [2.45, 2.75) is 18.4 Å². The van der Waals surface area contributed by atoms with Gasteiger partial charge in [0, 0.05) is 39.7 Å². The first-order chi connectivity index (χ1) is 13.2. The second-order valence-electron chi connectivity index (χ2n) is 6.77. The molecule has 1 aliphatic heterocycles. The number of aliphatic imine (C=N–C) groups is 1. The average Bonchev–Trinajstić information content (AvgIpc) is 3.22. The SMILES string of the molecule is CN=C(NCC(OC)c1ccccc1)N1CCC(c2ccc(OC)cc2)C1. The predicted molar refractivity (Wildman–Crippen MR) is 109 cm³/mol. The van der Waals surface area contributed by atoms with Gasteiger partial charge in [0.2, 0.25) is 0 Å². The number of ether oxygens (including phenoxy) is 2. The molecule has 0 spiro atoms. The van der Waals surface area contributed by atoms with Gasteiger partial charge in [0.1, 0.15) is 5.75 Å². The number of nitrogens with one attached hydrogen (secondary N) is 1. The molecule has 27 heavy (non-hydrogen) atoms. The highest BCUT2D eigenvalue weighted by molar-refractivity contribution is 5.80. The summed E-state index contributed by atoms with van der Waals surface area (Å²) in [6.07, 6.45) is 1.13. The Kier molecular flexibility index (Phi) is 6.71. The molecule has 1 N–H and O–H groups in total. The molecule has 5 nitrogen and oxygen atoms in total. The average molecular weight is 367 g/mol. The number of hydrogen-bond acceptors (Lipinski definition) is 3. The summed E-state index contributed by atoms with van der Waals surface area (Å²) in [5.41, 5.74) is 2.52. The molecule has 1 saturated heterocycles. The van der Waals surface area contributed by atoms with Gasteiger partial charge < -0.3 is 19.7 Å². The van der Waals surface area contributed by atoms with Crippen LogP contribution in [0.3, 0.4) is 0 Å². The molecule has 0 amide bonds. The van der Waals surface area contributed by atoms with E-state index >= 15 is 0 Å². The van der Waals surface area contributed by atoms with Crippen LogP contribution in [0.4, 0.5) is 0 Å². The summed E-state index contributed by atoms with van der Waals surface area (Å²) in [6, 6.07) is 18.7. The first-order valence-electron chi connectivity index (χ1n) is 9.42. The molecule has 144 valence electrons. The lowest BCUT2D eigenvalue weighted by Gasteiger charge is -2.24. The third-order valence-corrected chi connectivity index (χ3v) is 5.19. The van der Waals surface area contributed by atoms with Crippen LogP contribution >= 0.6 is 0 Å². The van der Waals surface area contributed by atoms with Gasteiger partial charge in [0.15, 0.2) is 5.96 Å². The third kappa shape index (κ3) is 4.80. The van der Waals surface area contributed by atoms with E-state index in [0.29, 0.717) is 12.5 Å². The van der Waals surface area contributed by atoms with E-state index in [9.17, 15) is 0 Å². The van der Waals surface area contributed by atoms with Gasteiger partial charge in [-0.05, 0) is 29.7 Å². The summed E-state index contributed by atoms with van der Waals surface area (Å²) >= 11 is 0. The summed E-state index contributed by atoms with van der Waals surface area (Å²) in [7, 11) is 5.29. The van der Waals surface area contributed by atoms with E-state index in [2.05, 4.69) is 39.5 Å². The predicted octanol–water partition coefficient (Wildman–Crippen LogP) is 3.45. The molecule has 2 unspecified atom stereocenters. The Morgan fingerprint density at radius 2 is 1.89 bits per heavy atom. The van der Waals surface area contributed by atoms with Gasteiger partial charge in [-0.2, -0.15) is 0 Å². The van der Waals surface area contributed by atoms with Gasteiger partial charge in [0.25, 0.3) is 0 Å². The molecule has 3 rings (SSSR count). The van der Waals surface area contributed by atoms with E-state index in [4.69, 9.17) is 9.47 Å². The highest BCUT2D eigenvalue weighted by atomic mass is 16.5. The van der Waals surface area contributed by atoms with Gasteiger partial charge in [0.05, 0.1) is 13.2 Å². The Balaban J connectivity index is 1.58. The van der Waals surface area contributed by atoms with Crippen LogP contribution in [-0.2, 0) is 4.74 Å². The zero-order valence-electron chi connectivity index (χ0n) is 16.4. The maximum absolute atomic E-state index is 5.66. The van der Waals surface area contributed by atoms with Gasteiger partial charge >= 0.3 is 0 Å². The van der Waals surface area contributed by atoms with Crippen molar-refractivity contribution in [3.05, 3.63) is 65.7 Å². The smallest absolute Gasteiger partial charge is 0.193 e. The van der Waals surface area contributed by atoms with Gasteiger partial charge in [-0.25, -0.2) is 0 Å². The number of guanidine groups is 1. The monoisotopic (exact) mass is 367 g/mol. The Morgan fingerprint density at radius 3 is 2.52 bits per heavy atom. The van der Waals surface area contributed by atoms with Crippen molar-refractivity contribution in [3.63, 3.8) is 0 Å². The van der Waals surface area contributed by atoms with E-state index in [0.717, 1.165) is 31.2 Å². The summed E-state index contributed by atoms with van der Waals surface area (Å²) in [5.74, 6) is 2.35. The first-order valence-corrected chi connectivity index (χ1v) is 9.42. The van der Waals surface area contributed by atoms with Crippen molar-refractivity contribution >= 4 is 5.96 Å². The van der Waals surface area contributed by atoms with Gasteiger partial charge in [-0.15, -0.1) is 0 Å². The Labute approximate surface area is 162 Å². The fraction of sp³-hybridized carbons (Fsp3) is 0.409.